The van der Waals surface area contributed by atoms with Gasteiger partial charge in [0.1, 0.15) is 11.9 Å². The molecule has 1 aliphatic rings. The number of aryl methyl sites for hydroxylation is 1. The van der Waals surface area contributed by atoms with Crippen molar-refractivity contribution in [3.8, 4) is 11.3 Å². The lowest BCUT2D eigenvalue weighted by atomic mass is 10.2. The molecular weight excluding hydrogens is 200 g/mol. The average molecular weight is 208 g/mol. The standard InChI is InChI=1S/C8H8N4OS/c1-12-6-4-14(13)7-3-9-11-8(7)5(6)2-10-12/h2-3H,4H2,1H3,(H,9,11). The molecule has 0 bridgehead atoms. The van der Waals surface area contributed by atoms with Crippen molar-refractivity contribution in [2.24, 2.45) is 7.05 Å². The minimum absolute atomic E-state index is 0.526. The molecule has 0 aliphatic carbocycles. The van der Waals surface area contributed by atoms with Crippen molar-refractivity contribution in [2.45, 2.75) is 10.6 Å². The monoisotopic (exact) mass is 208 g/mol. The van der Waals surface area contributed by atoms with Crippen LogP contribution in [0.2, 0.25) is 0 Å². The van der Waals surface area contributed by atoms with Crippen molar-refractivity contribution < 1.29 is 4.55 Å². The van der Waals surface area contributed by atoms with Gasteiger partial charge < -0.3 is 4.55 Å². The van der Waals surface area contributed by atoms with Crippen LogP contribution in [0.5, 0.6) is 0 Å². The number of hydrogen-bond acceptors (Lipinski definition) is 3. The molecule has 2 aromatic heterocycles. The van der Waals surface area contributed by atoms with Crippen LogP contribution in [0, 0.1) is 0 Å². The van der Waals surface area contributed by atoms with Gasteiger partial charge in [-0.25, -0.2) is 0 Å². The molecule has 0 amide bonds. The highest BCUT2D eigenvalue weighted by Crippen LogP contribution is 2.35. The zero-order valence-electron chi connectivity index (χ0n) is 7.52. The molecule has 0 aromatic carbocycles. The van der Waals surface area contributed by atoms with E-state index in [2.05, 4.69) is 15.3 Å². The van der Waals surface area contributed by atoms with E-state index in [-0.39, 0.29) is 0 Å². The zero-order chi connectivity index (χ0) is 9.71. The van der Waals surface area contributed by atoms with E-state index < -0.39 is 11.2 Å². The highest BCUT2D eigenvalue weighted by molar-refractivity contribution is 7.90. The van der Waals surface area contributed by atoms with E-state index in [9.17, 15) is 4.55 Å². The van der Waals surface area contributed by atoms with Gasteiger partial charge in [-0.15, -0.1) is 0 Å². The Balaban J connectivity index is 2.30. The van der Waals surface area contributed by atoms with Crippen LogP contribution in [0.3, 0.4) is 0 Å². The number of fused-ring (bicyclic) bond motifs is 3. The van der Waals surface area contributed by atoms with Gasteiger partial charge in [-0.3, -0.25) is 9.78 Å². The first-order valence-electron chi connectivity index (χ1n) is 4.20. The minimum atomic E-state index is -0.989. The van der Waals surface area contributed by atoms with Crippen molar-refractivity contribution in [3.05, 3.63) is 18.1 Å². The van der Waals surface area contributed by atoms with E-state index in [0.717, 1.165) is 21.8 Å². The Kier molecular flexibility index (Phi) is 1.51. The fourth-order valence-electron chi connectivity index (χ4n) is 1.69. The summed E-state index contributed by atoms with van der Waals surface area (Å²) in [7, 11) is 1.86. The molecule has 2 aromatic rings. The maximum Gasteiger partial charge on any atom is 0.198 e. The number of hydrogen-bond donors (Lipinski definition) is 1. The van der Waals surface area contributed by atoms with Crippen LogP contribution in [-0.2, 0) is 24.0 Å². The Bertz CT molecular complexity index is 489. The van der Waals surface area contributed by atoms with E-state index in [0.29, 0.717) is 5.75 Å². The molecule has 6 heteroatoms. The van der Waals surface area contributed by atoms with Gasteiger partial charge in [0.2, 0.25) is 0 Å². The predicted octanol–water partition coefficient (Wildman–Crippen LogP) is 0.431. The third kappa shape index (κ3) is 0.893. The Morgan fingerprint density at radius 1 is 1.57 bits per heavy atom. The summed E-state index contributed by atoms with van der Waals surface area (Å²) in [6, 6.07) is 0. The van der Waals surface area contributed by atoms with Crippen molar-refractivity contribution in [1.29, 1.82) is 0 Å². The normalized spacial score (nSPS) is 19.1. The highest BCUT2D eigenvalue weighted by Gasteiger charge is 2.31. The second-order valence-corrected chi connectivity index (χ2v) is 4.65. The van der Waals surface area contributed by atoms with Crippen molar-refractivity contribution in [3.63, 3.8) is 0 Å². The largest absolute Gasteiger partial charge is 0.611 e. The topological polar surface area (TPSA) is 69.6 Å². The quantitative estimate of drug-likeness (QED) is 0.638. The molecule has 0 radical (unpaired) electrons. The SMILES string of the molecule is Cn1ncc2c1C[S+]([O-])c1cn[nH]c1-2. The van der Waals surface area contributed by atoms with Crippen LogP contribution in [0.15, 0.2) is 17.3 Å². The molecule has 0 fully saturated rings. The summed E-state index contributed by atoms with van der Waals surface area (Å²) in [6.45, 7) is 0. The summed E-state index contributed by atoms with van der Waals surface area (Å²) < 4.78 is 13.5. The van der Waals surface area contributed by atoms with Crippen molar-refractivity contribution in [2.75, 3.05) is 0 Å². The fraction of sp³-hybridized carbons (Fsp3) is 0.250. The number of nitrogens with zero attached hydrogens (tertiary/aromatic N) is 3. The lowest BCUT2D eigenvalue weighted by molar-refractivity contribution is 0.590. The molecule has 0 saturated carbocycles. The Morgan fingerprint density at radius 2 is 2.43 bits per heavy atom. The molecule has 1 unspecified atom stereocenters. The number of rotatable bonds is 0. The lowest BCUT2D eigenvalue weighted by Crippen LogP contribution is -2.14. The summed E-state index contributed by atoms with van der Waals surface area (Å²) in [5.41, 5.74) is 2.86. The average Bonchev–Trinajstić information content (AvgIpc) is 2.74. The molecule has 3 rings (SSSR count). The second-order valence-electron chi connectivity index (χ2n) is 3.23. The van der Waals surface area contributed by atoms with Gasteiger partial charge >= 0.3 is 0 Å². The summed E-state index contributed by atoms with van der Waals surface area (Å²) in [5.74, 6) is 0.526. The van der Waals surface area contributed by atoms with Gasteiger partial charge in [0.15, 0.2) is 10.6 Å². The molecule has 0 saturated heterocycles. The van der Waals surface area contributed by atoms with Gasteiger partial charge in [0, 0.05) is 7.05 Å². The predicted molar refractivity (Wildman–Crippen MR) is 50.9 cm³/mol. The van der Waals surface area contributed by atoms with Crippen LogP contribution in [0.25, 0.3) is 11.3 Å². The van der Waals surface area contributed by atoms with Crippen LogP contribution in [0.1, 0.15) is 5.69 Å². The smallest absolute Gasteiger partial charge is 0.198 e. The molecule has 5 nitrogen and oxygen atoms in total. The molecule has 1 atom stereocenters. The maximum atomic E-state index is 11.8. The molecule has 1 aliphatic heterocycles. The molecule has 1 N–H and O–H groups in total. The fourth-order valence-corrected chi connectivity index (χ4v) is 2.99. The Morgan fingerprint density at radius 3 is 3.29 bits per heavy atom. The van der Waals surface area contributed by atoms with Crippen LogP contribution in [0.4, 0.5) is 0 Å². The lowest BCUT2D eigenvalue weighted by Gasteiger charge is -2.15. The summed E-state index contributed by atoms with van der Waals surface area (Å²) in [4.78, 5) is 0.783. The van der Waals surface area contributed by atoms with Gasteiger partial charge in [-0.2, -0.15) is 10.2 Å². The van der Waals surface area contributed by atoms with Crippen molar-refractivity contribution in [1.82, 2.24) is 20.0 Å². The molecule has 14 heavy (non-hydrogen) atoms. The van der Waals surface area contributed by atoms with Crippen LogP contribution >= 0.6 is 0 Å². The third-order valence-corrected chi connectivity index (χ3v) is 3.78. The van der Waals surface area contributed by atoms with Gasteiger partial charge in [-0.1, -0.05) is 0 Å². The van der Waals surface area contributed by atoms with E-state index in [1.807, 2.05) is 7.05 Å². The number of aromatic amines is 1. The molecule has 3 heterocycles. The van der Waals surface area contributed by atoms with Gasteiger partial charge in [-0.05, 0) is 11.2 Å². The number of aromatic nitrogens is 4. The first-order valence-corrected chi connectivity index (χ1v) is 5.52. The number of nitrogens with one attached hydrogen (secondary N) is 1. The number of H-pyrrole nitrogens is 1. The summed E-state index contributed by atoms with van der Waals surface area (Å²) in [5, 5.41) is 10.9. The zero-order valence-corrected chi connectivity index (χ0v) is 8.34. The second kappa shape index (κ2) is 2.61. The van der Waals surface area contributed by atoms with Crippen LogP contribution < -0.4 is 0 Å². The van der Waals surface area contributed by atoms with Gasteiger partial charge in [0.25, 0.3) is 0 Å². The van der Waals surface area contributed by atoms with E-state index >= 15 is 0 Å². The van der Waals surface area contributed by atoms with E-state index in [4.69, 9.17) is 0 Å². The van der Waals surface area contributed by atoms with Crippen LogP contribution in [-0.4, -0.2) is 24.5 Å². The third-order valence-electron chi connectivity index (χ3n) is 2.45. The van der Waals surface area contributed by atoms with E-state index in [1.165, 1.54) is 0 Å². The highest BCUT2D eigenvalue weighted by atomic mass is 32.2. The minimum Gasteiger partial charge on any atom is -0.611 e. The maximum absolute atomic E-state index is 11.8. The van der Waals surface area contributed by atoms with E-state index in [1.54, 1.807) is 17.1 Å². The molecule has 0 spiro atoms. The first kappa shape index (κ1) is 8.07. The first-order chi connectivity index (χ1) is 6.77. The summed E-state index contributed by atoms with van der Waals surface area (Å²) in [6.07, 6.45) is 3.41. The summed E-state index contributed by atoms with van der Waals surface area (Å²) >= 11 is -0.989. The Labute approximate surface area is 83.3 Å². The molecule has 72 valence electrons. The Hall–Kier alpha value is -1.27. The molecular formula is C8H8N4OS. The van der Waals surface area contributed by atoms with Crippen molar-refractivity contribution >= 4 is 11.2 Å². The van der Waals surface area contributed by atoms with Gasteiger partial charge in [0.05, 0.1) is 17.5 Å².